The Bertz CT molecular complexity index is 1210. The number of hydrogen-bond acceptors (Lipinski definition) is 9. The van der Waals surface area contributed by atoms with Gasteiger partial charge < -0.3 is 10.2 Å². The van der Waals surface area contributed by atoms with Crippen molar-refractivity contribution in [3.8, 4) is 17.3 Å². The molecule has 0 bridgehead atoms. The van der Waals surface area contributed by atoms with Gasteiger partial charge in [-0.15, -0.1) is 0 Å². The van der Waals surface area contributed by atoms with Gasteiger partial charge in [0.15, 0.2) is 11.6 Å². The predicted octanol–water partition coefficient (Wildman–Crippen LogP) is 1.84. The quantitative estimate of drug-likeness (QED) is 0.514. The van der Waals surface area contributed by atoms with Gasteiger partial charge in [0.25, 0.3) is 0 Å². The monoisotopic (exact) mass is 432 g/mol. The third kappa shape index (κ3) is 4.30. The fraction of sp³-hybridized carbons (Fsp3) is 0.238. The van der Waals surface area contributed by atoms with Crippen LogP contribution in [0.4, 0.5) is 16.0 Å². The fourth-order valence-electron chi connectivity index (χ4n) is 3.40. The summed E-state index contributed by atoms with van der Waals surface area (Å²) in [6.07, 6.45) is 4.58. The van der Waals surface area contributed by atoms with Gasteiger partial charge >= 0.3 is 0 Å². The summed E-state index contributed by atoms with van der Waals surface area (Å²) < 4.78 is 15.0. The molecule has 1 fully saturated rings. The molecule has 0 aliphatic carbocycles. The smallest absolute Gasteiger partial charge is 0.207 e. The molecular formula is C21H21FN10. The summed E-state index contributed by atoms with van der Waals surface area (Å²) in [7, 11) is 0. The van der Waals surface area contributed by atoms with Gasteiger partial charge in [-0.1, -0.05) is 0 Å². The Morgan fingerprint density at radius 1 is 1.25 bits per heavy atom. The minimum Gasteiger partial charge on any atom is -0.363 e. The zero-order chi connectivity index (χ0) is 22.7. The van der Waals surface area contributed by atoms with Crippen LogP contribution in [0.15, 0.2) is 36.9 Å². The molecule has 1 saturated heterocycles. The Hall–Kier alpha value is -4.17. The molecule has 0 aromatic carbocycles. The molecule has 11 heteroatoms. The molecule has 10 nitrogen and oxygen atoms in total. The number of nitrogens with two attached hydrogens (primary N) is 1. The van der Waals surface area contributed by atoms with Gasteiger partial charge in [0.05, 0.1) is 24.3 Å². The van der Waals surface area contributed by atoms with E-state index < -0.39 is 5.82 Å². The number of nitriles is 1. The first-order chi connectivity index (χ1) is 15.5. The van der Waals surface area contributed by atoms with Crippen LogP contribution < -0.4 is 16.1 Å². The van der Waals surface area contributed by atoms with Crippen molar-refractivity contribution in [3.05, 3.63) is 59.6 Å². The van der Waals surface area contributed by atoms with Crippen molar-refractivity contribution in [2.75, 3.05) is 29.9 Å². The highest BCUT2D eigenvalue weighted by Gasteiger charge is 2.24. The van der Waals surface area contributed by atoms with E-state index >= 15 is 4.39 Å². The van der Waals surface area contributed by atoms with Crippen molar-refractivity contribution in [2.24, 2.45) is 5.84 Å². The lowest BCUT2D eigenvalue weighted by atomic mass is 10.1. The highest BCUT2D eigenvalue weighted by molar-refractivity contribution is 5.84. The molecule has 3 aromatic heterocycles. The molecule has 1 aliphatic rings. The Morgan fingerprint density at radius 2 is 2.09 bits per heavy atom. The van der Waals surface area contributed by atoms with Crippen molar-refractivity contribution in [1.29, 1.82) is 10.7 Å². The van der Waals surface area contributed by atoms with Crippen LogP contribution in [-0.2, 0) is 6.54 Å². The zero-order valence-corrected chi connectivity index (χ0v) is 17.4. The number of halogens is 1. The summed E-state index contributed by atoms with van der Waals surface area (Å²) in [6, 6.07) is 7.55. The Kier molecular flexibility index (Phi) is 5.87. The SMILES string of the molecule is Cc1cc(-c2ncc(CNc3ncnc(N4CCN(N)C(=N)C4)c3F)cc2C#N)ccn1. The molecule has 0 saturated carbocycles. The molecule has 0 spiro atoms. The lowest BCUT2D eigenvalue weighted by molar-refractivity contribution is 0.409. The van der Waals surface area contributed by atoms with Crippen LogP contribution >= 0.6 is 0 Å². The van der Waals surface area contributed by atoms with Crippen LogP contribution in [0.3, 0.4) is 0 Å². The second-order valence-electron chi connectivity index (χ2n) is 7.31. The molecule has 162 valence electrons. The summed E-state index contributed by atoms with van der Waals surface area (Å²) in [6.45, 7) is 3.10. The number of hydrogen-bond donors (Lipinski definition) is 3. The molecule has 4 N–H and O–H groups in total. The first kappa shape index (κ1) is 21.1. The van der Waals surface area contributed by atoms with Gasteiger partial charge in [-0.2, -0.15) is 9.65 Å². The normalized spacial score (nSPS) is 13.8. The highest BCUT2D eigenvalue weighted by atomic mass is 19.1. The van der Waals surface area contributed by atoms with Gasteiger partial charge in [-0.25, -0.2) is 15.8 Å². The first-order valence-electron chi connectivity index (χ1n) is 9.87. The Morgan fingerprint density at radius 3 is 2.84 bits per heavy atom. The van der Waals surface area contributed by atoms with Crippen LogP contribution in [-0.4, -0.2) is 50.4 Å². The number of hydrazine groups is 1. The third-order valence-corrected chi connectivity index (χ3v) is 5.06. The van der Waals surface area contributed by atoms with Gasteiger partial charge in [0.1, 0.15) is 18.2 Å². The number of pyridine rings is 2. The molecule has 32 heavy (non-hydrogen) atoms. The van der Waals surface area contributed by atoms with Gasteiger partial charge in [0, 0.05) is 36.7 Å². The van der Waals surface area contributed by atoms with Crippen molar-refractivity contribution >= 4 is 17.5 Å². The number of aryl methyl sites for hydroxylation is 1. The topological polar surface area (TPSA) is 144 Å². The van der Waals surface area contributed by atoms with E-state index in [-0.39, 0.29) is 30.6 Å². The maximum atomic E-state index is 15.0. The van der Waals surface area contributed by atoms with E-state index in [4.69, 9.17) is 11.3 Å². The fourth-order valence-corrected chi connectivity index (χ4v) is 3.40. The van der Waals surface area contributed by atoms with Gasteiger partial charge in [-0.3, -0.25) is 20.4 Å². The second kappa shape index (κ2) is 8.91. The van der Waals surface area contributed by atoms with E-state index in [0.717, 1.165) is 11.3 Å². The van der Waals surface area contributed by atoms with Crippen molar-refractivity contribution < 1.29 is 4.39 Å². The summed E-state index contributed by atoms with van der Waals surface area (Å²) in [5, 5.41) is 21.7. The van der Waals surface area contributed by atoms with E-state index in [9.17, 15) is 5.26 Å². The van der Waals surface area contributed by atoms with E-state index in [1.54, 1.807) is 29.4 Å². The zero-order valence-electron chi connectivity index (χ0n) is 17.4. The van der Waals surface area contributed by atoms with Gasteiger partial charge in [-0.05, 0) is 30.7 Å². The molecule has 3 aromatic rings. The molecule has 1 aliphatic heterocycles. The van der Waals surface area contributed by atoms with Crippen LogP contribution in [0.25, 0.3) is 11.3 Å². The van der Waals surface area contributed by atoms with Crippen molar-refractivity contribution in [3.63, 3.8) is 0 Å². The summed E-state index contributed by atoms with van der Waals surface area (Å²) in [5.41, 5.74) is 3.32. The third-order valence-electron chi connectivity index (χ3n) is 5.06. The standard InChI is InChI=1S/C21H21FN10/c1-13-6-15(2-3-26-13)19-16(8-23)7-14(9-27-19)10-28-20-18(22)21(30-12-29-20)31-4-5-32(25)17(24)11-31/h2-3,6-7,9,12,24H,4-5,10-11,25H2,1H3,(H,28,29,30). The summed E-state index contributed by atoms with van der Waals surface area (Å²) in [4.78, 5) is 18.3. The Labute approximate surface area is 184 Å². The largest absolute Gasteiger partial charge is 0.363 e. The maximum absolute atomic E-state index is 15.0. The van der Waals surface area contributed by atoms with E-state index in [2.05, 4.69) is 31.3 Å². The number of nitrogens with zero attached hydrogens (tertiary/aromatic N) is 7. The molecule has 0 unspecified atom stereocenters. The van der Waals surface area contributed by atoms with Gasteiger partial charge in [0.2, 0.25) is 5.82 Å². The van der Waals surface area contributed by atoms with E-state index in [1.807, 2.05) is 13.0 Å². The number of rotatable bonds is 5. The minimum atomic E-state index is -0.608. The van der Waals surface area contributed by atoms with E-state index in [1.165, 1.54) is 11.3 Å². The van der Waals surface area contributed by atoms with Crippen LogP contribution in [0.5, 0.6) is 0 Å². The average molecular weight is 432 g/mol. The number of aromatic nitrogens is 4. The second-order valence-corrected chi connectivity index (χ2v) is 7.31. The summed E-state index contributed by atoms with van der Waals surface area (Å²) in [5.74, 6) is 5.41. The highest BCUT2D eigenvalue weighted by Crippen LogP contribution is 2.24. The predicted molar refractivity (Wildman–Crippen MR) is 117 cm³/mol. The minimum absolute atomic E-state index is 0.0315. The molecule has 4 rings (SSSR count). The molecule has 0 radical (unpaired) electrons. The Balaban J connectivity index is 1.52. The van der Waals surface area contributed by atoms with Crippen molar-refractivity contribution in [1.82, 2.24) is 24.9 Å². The van der Waals surface area contributed by atoms with Crippen molar-refractivity contribution in [2.45, 2.75) is 13.5 Å². The molecule has 4 heterocycles. The van der Waals surface area contributed by atoms with Crippen LogP contribution in [0, 0.1) is 29.5 Å². The molecular weight excluding hydrogens is 411 g/mol. The maximum Gasteiger partial charge on any atom is 0.207 e. The molecule has 0 atom stereocenters. The number of amidine groups is 1. The van der Waals surface area contributed by atoms with Crippen LogP contribution in [0.2, 0.25) is 0 Å². The summed E-state index contributed by atoms with van der Waals surface area (Å²) >= 11 is 0. The van der Waals surface area contributed by atoms with E-state index in [0.29, 0.717) is 29.9 Å². The number of anilines is 2. The average Bonchev–Trinajstić information content (AvgIpc) is 2.80. The lowest BCUT2D eigenvalue weighted by Gasteiger charge is -2.34. The lowest BCUT2D eigenvalue weighted by Crippen LogP contribution is -2.53. The van der Waals surface area contributed by atoms with Crippen LogP contribution in [0.1, 0.15) is 16.8 Å². The number of piperazine rings is 1. The first-order valence-corrected chi connectivity index (χ1v) is 9.87. The number of nitrogens with one attached hydrogen (secondary N) is 2. The molecule has 0 amide bonds.